The van der Waals surface area contributed by atoms with Gasteiger partial charge in [0.1, 0.15) is 0 Å². The van der Waals surface area contributed by atoms with E-state index in [1.165, 1.54) is 6.07 Å². The van der Waals surface area contributed by atoms with Crippen LogP contribution in [-0.4, -0.2) is 4.92 Å². The molecule has 0 bridgehead atoms. The zero-order chi connectivity index (χ0) is 10.8. The maximum atomic E-state index is 10.9. The molecule has 2 aromatic rings. The van der Waals surface area contributed by atoms with Crippen LogP contribution in [-0.2, 0) is 5.33 Å². The quantitative estimate of drug-likeness (QED) is 0.473. The minimum absolute atomic E-state index is 0.169. The summed E-state index contributed by atoms with van der Waals surface area (Å²) in [7, 11) is 0. The molecule has 0 amide bonds. The van der Waals surface area contributed by atoms with E-state index in [4.69, 9.17) is 0 Å². The highest BCUT2D eigenvalue weighted by atomic mass is 79.9. The molecule has 3 nitrogen and oxygen atoms in total. The van der Waals surface area contributed by atoms with Gasteiger partial charge in [-0.25, -0.2) is 0 Å². The first-order valence-corrected chi connectivity index (χ1v) is 5.57. The van der Waals surface area contributed by atoms with Crippen LogP contribution in [0.1, 0.15) is 5.56 Å². The Morgan fingerprint density at radius 3 is 2.47 bits per heavy atom. The number of fused-ring (bicyclic) bond motifs is 1. The number of nitro groups is 1. The highest BCUT2D eigenvalue weighted by Gasteiger charge is 2.13. The Morgan fingerprint density at radius 2 is 1.87 bits per heavy atom. The topological polar surface area (TPSA) is 43.1 Å². The van der Waals surface area contributed by atoms with Crippen molar-refractivity contribution < 1.29 is 4.92 Å². The zero-order valence-electron chi connectivity index (χ0n) is 7.81. The van der Waals surface area contributed by atoms with E-state index in [2.05, 4.69) is 15.9 Å². The summed E-state index contributed by atoms with van der Waals surface area (Å²) in [6.07, 6.45) is 0. The van der Waals surface area contributed by atoms with E-state index in [1.807, 2.05) is 24.3 Å². The normalized spacial score (nSPS) is 10.5. The zero-order valence-corrected chi connectivity index (χ0v) is 9.40. The van der Waals surface area contributed by atoms with Crippen molar-refractivity contribution in [3.8, 4) is 0 Å². The predicted molar refractivity (Wildman–Crippen MR) is 63.2 cm³/mol. The van der Waals surface area contributed by atoms with Gasteiger partial charge < -0.3 is 0 Å². The van der Waals surface area contributed by atoms with Crippen LogP contribution in [0, 0.1) is 10.1 Å². The van der Waals surface area contributed by atoms with Gasteiger partial charge in [0.25, 0.3) is 5.69 Å². The number of nitro benzene ring substituents is 1. The van der Waals surface area contributed by atoms with Gasteiger partial charge in [-0.15, -0.1) is 0 Å². The summed E-state index contributed by atoms with van der Waals surface area (Å²) in [4.78, 5) is 10.5. The number of nitrogens with zero attached hydrogens (tertiary/aromatic N) is 1. The van der Waals surface area contributed by atoms with Crippen molar-refractivity contribution >= 4 is 32.4 Å². The number of hydrogen-bond acceptors (Lipinski definition) is 2. The minimum atomic E-state index is -0.339. The van der Waals surface area contributed by atoms with Crippen molar-refractivity contribution in [3.63, 3.8) is 0 Å². The molecular formula is C11H8BrNO2. The molecule has 15 heavy (non-hydrogen) atoms. The molecule has 0 fully saturated rings. The van der Waals surface area contributed by atoms with Crippen molar-refractivity contribution in [2.45, 2.75) is 5.33 Å². The molecule has 2 aromatic carbocycles. The summed E-state index contributed by atoms with van der Waals surface area (Å²) >= 11 is 3.34. The van der Waals surface area contributed by atoms with Crippen molar-refractivity contribution in [1.29, 1.82) is 0 Å². The lowest BCUT2D eigenvalue weighted by atomic mass is 10.0. The maximum Gasteiger partial charge on any atom is 0.277 e. The van der Waals surface area contributed by atoms with Gasteiger partial charge in [0.15, 0.2) is 0 Å². The summed E-state index contributed by atoms with van der Waals surface area (Å²) in [5.41, 5.74) is 1.11. The molecule has 2 rings (SSSR count). The molecular weight excluding hydrogens is 258 g/mol. The van der Waals surface area contributed by atoms with Crippen molar-refractivity contribution in [1.82, 2.24) is 0 Å². The van der Waals surface area contributed by atoms with Gasteiger partial charge in [0, 0.05) is 11.4 Å². The van der Waals surface area contributed by atoms with Crippen LogP contribution in [0.3, 0.4) is 0 Å². The van der Waals surface area contributed by atoms with Crippen molar-refractivity contribution in [3.05, 3.63) is 52.1 Å². The van der Waals surface area contributed by atoms with E-state index >= 15 is 0 Å². The smallest absolute Gasteiger partial charge is 0.258 e. The molecule has 0 saturated carbocycles. The Morgan fingerprint density at radius 1 is 1.20 bits per heavy atom. The van der Waals surface area contributed by atoms with E-state index < -0.39 is 0 Å². The molecule has 0 aliphatic rings. The third kappa shape index (κ3) is 1.72. The van der Waals surface area contributed by atoms with Crippen LogP contribution >= 0.6 is 15.9 Å². The lowest BCUT2D eigenvalue weighted by Gasteiger charge is -2.03. The Hall–Kier alpha value is -1.42. The molecule has 0 unspecified atom stereocenters. The van der Waals surface area contributed by atoms with Gasteiger partial charge >= 0.3 is 0 Å². The fraction of sp³-hybridized carbons (Fsp3) is 0.0909. The molecule has 0 spiro atoms. The van der Waals surface area contributed by atoms with Gasteiger partial charge in [0.2, 0.25) is 0 Å². The summed E-state index contributed by atoms with van der Waals surface area (Å²) < 4.78 is 0. The number of alkyl halides is 1. The second-order valence-electron chi connectivity index (χ2n) is 3.18. The maximum absolute atomic E-state index is 10.9. The lowest BCUT2D eigenvalue weighted by Crippen LogP contribution is -1.91. The standard InChI is InChI=1S/C11H8BrNO2/c12-7-9-5-1-3-8-4-2-6-10(11(8)9)13(14)15/h1-6H,7H2. The summed E-state index contributed by atoms with van der Waals surface area (Å²) in [6.45, 7) is 0. The molecule has 0 N–H and O–H groups in total. The molecule has 0 heterocycles. The number of non-ortho nitro benzene ring substituents is 1. The average molecular weight is 266 g/mol. The molecule has 0 saturated heterocycles. The predicted octanol–water partition coefficient (Wildman–Crippen LogP) is 3.64. The number of rotatable bonds is 2. The largest absolute Gasteiger partial charge is 0.277 e. The van der Waals surface area contributed by atoms with Crippen LogP contribution in [0.25, 0.3) is 10.8 Å². The van der Waals surface area contributed by atoms with Crippen molar-refractivity contribution in [2.75, 3.05) is 0 Å². The van der Waals surface area contributed by atoms with Crippen LogP contribution in [0.4, 0.5) is 5.69 Å². The second-order valence-corrected chi connectivity index (χ2v) is 3.74. The molecule has 0 aliphatic heterocycles. The van der Waals surface area contributed by atoms with Crippen LogP contribution in [0.2, 0.25) is 0 Å². The van der Waals surface area contributed by atoms with E-state index in [1.54, 1.807) is 6.07 Å². The van der Waals surface area contributed by atoms with Crippen LogP contribution in [0.15, 0.2) is 36.4 Å². The van der Waals surface area contributed by atoms with E-state index in [-0.39, 0.29) is 10.6 Å². The first-order valence-electron chi connectivity index (χ1n) is 4.45. The molecule has 0 radical (unpaired) electrons. The highest BCUT2D eigenvalue weighted by molar-refractivity contribution is 9.08. The van der Waals surface area contributed by atoms with Gasteiger partial charge in [-0.05, 0) is 10.9 Å². The highest BCUT2D eigenvalue weighted by Crippen LogP contribution is 2.29. The van der Waals surface area contributed by atoms with Gasteiger partial charge in [-0.2, -0.15) is 0 Å². The lowest BCUT2D eigenvalue weighted by molar-refractivity contribution is -0.383. The Bertz CT molecular complexity index is 520. The molecule has 4 heteroatoms. The first kappa shape index (κ1) is 10.1. The van der Waals surface area contributed by atoms with Crippen molar-refractivity contribution in [2.24, 2.45) is 0 Å². The average Bonchev–Trinajstić information content (AvgIpc) is 2.27. The first-order chi connectivity index (χ1) is 7.24. The second kappa shape index (κ2) is 3.98. The molecule has 0 aromatic heterocycles. The van der Waals surface area contributed by atoms with Crippen LogP contribution < -0.4 is 0 Å². The third-order valence-electron chi connectivity index (χ3n) is 2.31. The Balaban J connectivity index is 2.87. The van der Waals surface area contributed by atoms with Crippen LogP contribution in [0.5, 0.6) is 0 Å². The van der Waals surface area contributed by atoms with E-state index in [9.17, 15) is 10.1 Å². The Labute approximate surface area is 95.0 Å². The number of hydrogen-bond donors (Lipinski definition) is 0. The third-order valence-corrected chi connectivity index (χ3v) is 2.91. The summed E-state index contributed by atoms with van der Waals surface area (Å²) in [5, 5.41) is 13.1. The van der Waals surface area contributed by atoms with Gasteiger partial charge in [-0.1, -0.05) is 46.3 Å². The van der Waals surface area contributed by atoms with E-state index in [0.29, 0.717) is 5.33 Å². The van der Waals surface area contributed by atoms with E-state index in [0.717, 1.165) is 16.3 Å². The summed E-state index contributed by atoms with van der Waals surface area (Å²) in [5.74, 6) is 0. The monoisotopic (exact) mass is 265 g/mol. The fourth-order valence-electron chi connectivity index (χ4n) is 1.66. The summed E-state index contributed by atoms with van der Waals surface area (Å²) in [6, 6.07) is 10.8. The molecule has 0 aliphatic carbocycles. The minimum Gasteiger partial charge on any atom is -0.258 e. The number of benzene rings is 2. The van der Waals surface area contributed by atoms with Gasteiger partial charge in [0.05, 0.1) is 10.3 Å². The van der Waals surface area contributed by atoms with Gasteiger partial charge in [-0.3, -0.25) is 10.1 Å². The Kier molecular flexibility index (Phi) is 2.68. The molecule has 0 atom stereocenters. The SMILES string of the molecule is O=[N+]([O-])c1cccc2cccc(CBr)c12. The number of halogens is 1. The molecule has 76 valence electrons. The fourth-order valence-corrected chi connectivity index (χ4v) is 2.13.